The molecule has 0 saturated heterocycles. The molecule has 0 saturated carbocycles. The molecule has 4 heterocycles. The van der Waals surface area contributed by atoms with Crippen molar-refractivity contribution in [3.05, 3.63) is 218 Å². The van der Waals surface area contributed by atoms with E-state index in [2.05, 4.69) is 9.73 Å². The molecule has 0 aliphatic carbocycles. The van der Waals surface area contributed by atoms with Crippen LogP contribution in [0.15, 0.2) is 164 Å². The van der Waals surface area contributed by atoms with Crippen molar-refractivity contribution in [1.29, 1.82) is 0 Å². The van der Waals surface area contributed by atoms with Gasteiger partial charge in [0.05, 0.1) is 54.7 Å². The van der Waals surface area contributed by atoms with Crippen LogP contribution in [-0.2, 0) is 31.8 Å². The molecule has 4 amide bonds. The second-order valence-electron chi connectivity index (χ2n) is 17.6. The number of nitrogens with one attached hydrogen (secondary N) is 1. The SMILES string of the molecule is C[C@H](C(N)=O)n1ccc2c(N)cccc2c1=O.C[C@H](C(N)=O)n1ccc2c(NC(=O)Cc3ccc(Cl)c(C(F)(F)F)c3)cccc2c1=O.C[C@H](C(N)=O)n1ccc2c([N+](=O)[O-])cccc2c1=O.O=c1occc2c([N+](=O)[O-])cccc12. The summed E-state index contributed by atoms with van der Waals surface area (Å²) in [6.45, 7) is 4.57. The number of nitro benzene ring substituents is 2. The molecule has 5 aromatic carbocycles. The number of fused-ring (bicyclic) bond motifs is 4. The number of pyridine rings is 3. The van der Waals surface area contributed by atoms with Crippen LogP contribution >= 0.6 is 11.6 Å². The van der Waals surface area contributed by atoms with Gasteiger partial charge < -0.3 is 46.4 Å². The third-order valence-corrected chi connectivity index (χ3v) is 12.8. The highest BCUT2D eigenvalue weighted by atomic mass is 35.5. The van der Waals surface area contributed by atoms with Crippen LogP contribution in [0.5, 0.6) is 0 Å². The van der Waals surface area contributed by atoms with E-state index in [0.29, 0.717) is 32.9 Å². The van der Waals surface area contributed by atoms with E-state index >= 15 is 0 Å². The maximum absolute atomic E-state index is 13.0. The first-order valence-corrected chi connectivity index (χ1v) is 24.0. The Labute approximate surface area is 457 Å². The minimum absolute atomic E-state index is 0.0876. The Bertz CT molecular complexity index is 4240. The number of anilines is 2. The lowest BCUT2D eigenvalue weighted by molar-refractivity contribution is -0.383. The van der Waals surface area contributed by atoms with Crippen molar-refractivity contribution >= 4 is 101 Å². The van der Waals surface area contributed by atoms with E-state index in [4.69, 9.17) is 34.5 Å². The fraction of sp³-hybridized carbons (Fsp3) is 0.148. The number of nitro groups is 2. The number of non-ortho nitro benzene ring substituents is 2. The number of carbonyl (C=O) groups is 4. The number of nitrogen functional groups attached to an aromatic ring is 1. The van der Waals surface area contributed by atoms with Gasteiger partial charge in [-0.1, -0.05) is 41.9 Å². The highest BCUT2D eigenvalue weighted by molar-refractivity contribution is 6.31. The van der Waals surface area contributed by atoms with Gasteiger partial charge in [0.1, 0.15) is 18.1 Å². The van der Waals surface area contributed by atoms with E-state index in [-0.39, 0.29) is 50.5 Å². The average molecular weight is 1140 g/mol. The lowest BCUT2D eigenvalue weighted by Gasteiger charge is -2.14. The summed E-state index contributed by atoms with van der Waals surface area (Å²) in [7, 11) is 0. The number of hydrogen-bond donors (Lipinski definition) is 5. The van der Waals surface area contributed by atoms with Crippen LogP contribution in [0.3, 0.4) is 0 Å². The number of nitrogens with two attached hydrogens (primary N) is 4. The van der Waals surface area contributed by atoms with Crippen molar-refractivity contribution in [2.45, 2.75) is 51.5 Å². The smallest absolute Gasteiger partial charge is 0.417 e. The Hall–Kier alpha value is -10.5. The summed E-state index contributed by atoms with van der Waals surface area (Å²) in [6.07, 6.45) is 0.458. The van der Waals surface area contributed by atoms with Gasteiger partial charge in [0.15, 0.2) is 0 Å². The molecule has 23 nitrogen and oxygen atoms in total. The van der Waals surface area contributed by atoms with Crippen molar-refractivity contribution in [2.24, 2.45) is 17.2 Å². The van der Waals surface area contributed by atoms with Crippen LogP contribution in [0.25, 0.3) is 43.1 Å². The van der Waals surface area contributed by atoms with E-state index in [1.165, 1.54) is 102 Å². The summed E-state index contributed by atoms with van der Waals surface area (Å²) in [6, 6.07) is 25.3. The number of carbonyl (C=O) groups excluding carboxylic acids is 4. The van der Waals surface area contributed by atoms with E-state index < -0.39 is 85.1 Å². The molecule has 418 valence electrons. The summed E-state index contributed by atoms with van der Waals surface area (Å²) >= 11 is 5.60. The van der Waals surface area contributed by atoms with Crippen LogP contribution in [0.2, 0.25) is 5.02 Å². The molecule has 0 aliphatic heterocycles. The molecule has 9 rings (SSSR count). The van der Waals surface area contributed by atoms with Crippen LogP contribution in [0, 0.1) is 20.2 Å². The van der Waals surface area contributed by atoms with Gasteiger partial charge in [-0.2, -0.15) is 13.2 Å². The molecule has 27 heteroatoms. The molecular formula is C54H46ClF3N10O13. The van der Waals surface area contributed by atoms with E-state index in [9.17, 15) is 71.8 Å². The first-order valence-electron chi connectivity index (χ1n) is 23.6. The predicted molar refractivity (Wildman–Crippen MR) is 295 cm³/mol. The quantitative estimate of drug-likeness (QED) is 0.0486. The molecule has 0 spiro atoms. The van der Waals surface area contributed by atoms with Gasteiger partial charge >= 0.3 is 11.8 Å². The third-order valence-electron chi connectivity index (χ3n) is 12.5. The Morgan fingerprint density at radius 2 is 1.01 bits per heavy atom. The lowest BCUT2D eigenvalue weighted by atomic mass is 10.1. The Kier molecular flexibility index (Phi) is 18.3. The van der Waals surface area contributed by atoms with Gasteiger partial charge in [-0.25, -0.2) is 4.79 Å². The zero-order valence-corrected chi connectivity index (χ0v) is 43.3. The first kappa shape index (κ1) is 59.7. The van der Waals surface area contributed by atoms with Crippen LogP contribution in [0.4, 0.5) is 35.9 Å². The maximum Gasteiger partial charge on any atom is 0.417 e. The zero-order chi connectivity index (χ0) is 59.8. The van der Waals surface area contributed by atoms with Gasteiger partial charge in [0.25, 0.3) is 28.1 Å². The first-order chi connectivity index (χ1) is 38.1. The van der Waals surface area contributed by atoms with Gasteiger partial charge in [-0.3, -0.25) is 53.8 Å². The number of primary amides is 3. The molecule has 0 radical (unpaired) electrons. The summed E-state index contributed by atoms with van der Waals surface area (Å²) in [5, 5.41) is 26.4. The zero-order valence-electron chi connectivity index (χ0n) is 42.6. The Morgan fingerprint density at radius 1 is 0.593 bits per heavy atom. The lowest BCUT2D eigenvalue weighted by Crippen LogP contribution is -2.31. The molecule has 0 aliphatic rings. The molecule has 9 aromatic rings. The highest BCUT2D eigenvalue weighted by Gasteiger charge is 2.33. The minimum atomic E-state index is -4.64. The fourth-order valence-electron chi connectivity index (χ4n) is 8.05. The predicted octanol–water partition coefficient (Wildman–Crippen LogP) is 7.19. The van der Waals surface area contributed by atoms with Gasteiger partial charge in [-0.05, 0) is 99.1 Å². The number of aromatic nitrogens is 3. The number of amides is 4. The van der Waals surface area contributed by atoms with Crippen molar-refractivity contribution < 1.29 is 46.6 Å². The van der Waals surface area contributed by atoms with Gasteiger partial charge in [0.2, 0.25) is 23.6 Å². The van der Waals surface area contributed by atoms with Crippen molar-refractivity contribution in [3.63, 3.8) is 0 Å². The van der Waals surface area contributed by atoms with Crippen LogP contribution < -0.4 is 50.6 Å². The number of halogens is 4. The van der Waals surface area contributed by atoms with E-state index in [0.717, 1.165) is 23.0 Å². The summed E-state index contributed by atoms with van der Waals surface area (Å²) in [4.78, 5) is 115. The second kappa shape index (κ2) is 24.9. The molecule has 0 unspecified atom stereocenters. The number of alkyl halides is 3. The number of nitrogens with zero attached hydrogens (tertiary/aromatic N) is 5. The second-order valence-corrected chi connectivity index (χ2v) is 18.0. The van der Waals surface area contributed by atoms with Crippen molar-refractivity contribution in [2.75, 3.05) is 11.1 Å². The van der Waals surface area contributed by atoms with Crippen LogP contribution in [0.1, 0.15) is 50.0 Å². The molecular weight excluding hydrogens is 1090 g/mol. The highest BCUT2D eigenvalue weighted by Crippen LogP contribution is 2.35. The van der Waals surface area contributed by atoms with Crippen molar-refractivity contribution in [3.8, 4) is 0 Å². The Balaban J connectivity index is 0.000000183. The van der Waals surface area contributed by atoms with Crippen LogP contribution in [-0.4, -0.2) is 47.2 Å². The molecule has 81 heavy (non-hydrogen) atoms. The normalized spacial score (nSPS) is 12.1. The Morgan fingerprint density at radius 3 is 1.49 bits per heavy atom. The molecule has 4 aromatic heterocycles. The number of hydrogen-bond acceptors (Lipinski definition) is 14. The fourth-order valence-corrected chi connectivity index (χ4v) is 8.28. The largest absolute Gasteiger partial charge is 0.431 e. The third kappa shape index (κ3) is 13.4. The van der Waals surface area contributed by atoms with Gasteiger partial charge in [0, 0.05) is 63.6 Å². The molecule has 9 N–H and O–H groups in total. The molecule has 0 fully saturated rings. The van der Waals surface area contributed by atoms with E-state index in [1.807, 2.05) is 0 Å². The average Bonchev–Trinajstić information content (AvgIpc) is 3.41. The molecule has 0 bridgehead atoms. The number of rotatable bonds is 11. The summed E-state index contributed by atoms with van der Waals surface area (Å²) in [5.41, 5.74) is 19.3. The maximum atomic E-state index is 13.0. The standard InChI is InChI=1S/C21H17ClF3N3O3.C12H11N3O4.C12H13N3O2.C9H5NO4/c1-11(19(26)30)28-8-7-13-14(20(28)31)3-2-4-17(13)27-18(29)10-12-5-6-16(22)15(9-12)21(23,24)25;1-7(11(13)16)14-6-5-8-9(12(14)17)3-2-4-10(8)15(18)19;1-7(11(14)16)15-6-5-8-9(12(15)17)3-2-4-10(8)13;11-9-7-2-1-3-8(10(12)13)6(7)4-5-14-9/h2-9,11H,10H2,1H3,(H2,26,30)(H,27,29);2-7H,1H3,(H2,13,16);2-7H,13H2,1H3,(H2,14,16);1-5H/t11-;2*7-;/m111./s1. The number of benzene rings is 5. The van der Waals surface area contributed by atoms with E-state index in [1.54, 1.807) is 49.4 Å². The minimum Gasteiger partial charge on any atom is -0.431 e. The summed E-state index contributed by atoms with van der Waals surface area (Å²) < 4.78 is 47.3. The van der Waals surface area contributed by atoms with Crippen molar-refractivity contribution in [1.82, 2.24) is 13.7 Å². The van der Waals surface area contributed by atoms with Gasteiger partial charge in [-0.15, -0.1) is 0 Å². The topological polar surface area (TPSA) is 367 Å². The molecule has 3 atom stereocenters. The summed E-state index contributed by atoms with van der Waals surface area (Å²) in [5.74, 6) is -2.44. The monoisotopic (exact) mass is 1130 g/mol.